The van der Waals surface area contributed by atoms with Crippen LogP contribution in [0.15, 0.2) is 42.6 Å². The molecule has 0 aliphatic carbocycles. The second-order valence-corrected chi connectivity index (χ2v) is 6.06. The molecule has 0 bridgehead atoms. The smallest absolute Gasteiger partial charge is 0.217 e. The third-order valence-electron chi connectivity index (χ3n) is 4.42. The van der Waals surface area contributed by atoms with Gasteiger partial charge < -0.3 is 4.74 Å². The Balaban J connectivity index is 1.91. The molecule has 0 atom stereocenters. The van der Waals surface area contributed by atoms with E-state index in [0.29, 0.717) is 23.7 Å². The highest BCUT2D eigenvalue weighted by Crippen LogP contribution is 2.38. The van der Waals surface area contributed by atoms with Gasteiger partial charge in [-0.25, -0.2) is 9.49 Å². The maximum atomic E-state index is 14.1. The molecule has 27 heavy (non-hydrogen) atoms. The van der Waals surface area contributed by atoms with Crippen LogP contribution in [-0.4, -0.2) is 26.6 Å². The molecule has 2 heterocycles. The summed E-state index contributed by atoms with van der Waals surface area (Å²) in [4.78, 5) is 0. The Morgan fingerprint density at radius 2 is 2.04 bits per heavy atom. The first-order valence-electron chi connectivity index (χ1n) is 8.45. The van der Waals surface area contributed by atoms with E-state index in [2.05, 4.69) is 15.3 Å². The van der Waals surface area contributed by atoms with E-state index in [1.165, 1.54) is 12.1 Å². The molecule has 0 saturated heterocycles. The van der Waals surface area contributed by atoms with Crippen molar-refractivity contribution < 1.29 is 9.13 Å². The highest BCUT2D eigenvalue weighted by molar-refractivity contribution is 5.90. The Kier molecular flexibility index (Phi) is 4.09. The van der Waals surface area contributed by atoms with Gasteiger partial charge in [0.05, 0.1) is 29.4 Å². The van der Waals surface area contributed by atoms with Gasteiger partial charge >= 0.3 is 0 Å². The van der Waals surface area contributed by atoms with Gasteiger partial charge in [0.1, 0.15) is 17.6 Å². The summed E-state index contributed by atoms with van der Waals surface area (Å²) in [7, 11) is 1.89. The van der Waals surface area contributed by atoms with Crippen LogP contribution in [0.3, 0.4) is 0 Å². The van der Waals surface area contributed by atoms with E-state index in [1.54, 1.807) is 16.9 Å². The monoisotopic (exact) mass is 361 g/mol. The van der Waals surface area contributed by atoms with Gasteiger partial charge in [-0.05, 0) is 36.8 Å². The van der Waals surface area contributed by atoms with Crippen LogP contribution in [0, 0.1) is 17.1 Å². The van der Waals surface area contributed by atoms with E-state index in [4.69, 9.17) is 10.00 Å². The number of hydrogen-bond acceptors (Lipinski definition) is 4. The summed E-state index contributed by atoms with van der Waals surface area (Å²) in [6.07, 6.45) is 1.79. The number of ether oxygens (including phenoxy) is 1. The van der Waals surface area contributed by atoms with Gasteiger partial charge in [-0.15, -0.1) is 0 Å². The molecule has 2 aromatic heterocycles. The van der Waals surface area contributed by atoms with E-state index in [0.717, 1.165) is 22.0 Å². The van der Waals surface area contributed by atoms with Crippen LogP contribution in [0.5, 0.6) is 5.88 Å². The highest BCUT2D eigenvalue weighted by atomic mass is 19.1. The lowest BCUT2D eigenvalue weighted by Crippen LogP contribution is -1.94. The minimum Gasteiger partial charge on any atom is -0.478 e. The van der Waals surface area contributed by atoms with Gasteiger partial charge in [-0.1, -0.05) is 12.1 Å². The molecule has 7 heteroatoms. The first-order valence-corrected chi connectivity index (χ1v) is 8.45. The number of fused-ring (bicyclic) bond motifs is 1. The molecule has 2 aromatic carbocycles. The zero-order chi connectivity index (χ0) is 19.0. The molecule has 0 aliphatic heterocycles. The number of aryl methyl sites for hydroxylation is 1. The topological polar surface area (TPSA) is 79.5 Å². The Morgan fingerprint density at radius 3 is 2.78 bits per heavy atom. The van der Waals surface area contributed by atoms with Gasteiger partial charge in [-0.2, -0.15) is 15.5 Å². The Labute approximate surface area is 154 Å². The Hall–Kier alpha value is -3.66. The van der Waals surface area contributed by atoms with E-state index >= 15 is 0 Å². The third-order valence-corrected chi connectivity index (χ3v) is 4.42. The zero-order valence-corrected chi connectivity index (χ0v) is 14.8. The van der Waals surface area contributed by atoms with Crippen molar-refractivity contribution in [2.45, 2.75) is 6.92 Å². The van der Waals surface area contributed by atoms with E-state index in [9.17, 15) is 4.39 Å². The van der Waals surface area contributed by atoms with Crippen LogP contribution in [0.4, 0.5) is 4.39 Å². The lowest BCUT2D eigenvalue weighted by Gasteiger charge is -2.08. The number of nitriles is 1. The second-order valence-electron chi connectivity index (χ2n) is 6.06. The first kappa shape index (κ1) is 16.8. The Bertz CT molecular complexity index is 1190. The molecule has 0 spiro atoms. The molecule has 134 valence electrons. The molecule has 4 aromatic rings. The van der Waals surface area contributed by atoms with Crippen LogP contribution in [-0.2, 0) is 7.05 Å². The molecule has 0 fully saturated rings. The molecule has 0 radical (unpaired) electrons. The van der Waals surface area contributed by atoms with Crippen molar-refractivity contribution in [2.24, 2.45) is 7.05 Å². The summed E-state index contributed by atoms with van der Waals surface area (Å²) in [5.41, 5.74) is 3.75. The SMILES string of the molecule is CCOc1[nH]nc(-c2ccc(C#N)c(F)c2)c1-c1ccc2c(cnn2C)c1. The second kappa shape index (κ2) is 6.57. The summed E-state index contributed by atoms with van der Waals surface area (Å²) in [5, 5.41) is 21.4. The van der Waals surface area contributed by atoms with Crippen molar-refractivity contribution in [3.63, 3.8) is 0 Å². The number of rotatable bonds is 4. The summed E-state index contributed by atoms with van der Waals surface area (Å²) in [6, 6.07) is 12.2. The van der Waals surface area contributed by atoms with E-state index < -0.39 is 5.82 Å². The molecule has 6 nitrogen and oxygen atoms in total. The lowest BCUT2D eigenvalue weighted by molar-refractivity contribution is 0.327. The van der Waals surface area contributed by atoms with Gasteiger partial charge in [0, 0.05) is 18.0 Å². The molecule has 0 aliphatic rings. The quantitative estimate of drug-likeness (QED) is 0.595. The van der Waals surface area contributed by atoms with E-state index in [1.807, 2.05) is 38.2 Å². The number of H-pyrrole nitrogens is 1. The van der Waals surface area contributed by atoms with Crippen LogP contribution in [0.25, 0.3) is 33.3 Å². The molecular weight excluding hydrogens is 345 g/mol. The maximum Gasteiger partial charge on any atom is 0.217 e. The lowest BCUT2D eigenvalue weighted by atomic mass is 9.99. The zero-order valence-electron chi connectivity index (χ0n) is 14.8. The number of nitrogens with one attached hydrogen (secondary N) is 1. The number of halogens is 1. The largest absolute Gasteiger partial charge is 0.478 e. The van der Waals surface area contributed by atoms with Gasteiger partial charge in [0.2, 0.25) is 5.88 Å². The maximum absolute atomic E-state index is 14.1. The normalized spacial score (nSPS) is 10.9. The number of nitrogens with zero attached hydrogens (tertiary/aromatic N) is 4. The highest BCUT2D eigenvalue weighted by Gasteiger charge is 2.19. The number of aromatic nitrogens is 4. The number of aromatic amines is 1. The Morgan fingerprint density at radius 1 is 1.22 bits per heavy atom. The average Bonchev–Trinajstić information content (AvgIpc) is 3.25. The molecule has 0 unspecified atom stereocenters. The van der Waals surface area contributed by atoms with Crippen molar-refractivity contribution in [1.82, 2.24) is 20.0 Å². The van der Waals surface area contributed by atoms with Crippen molar-refractivity contribution in [3.05, 3.63) is 54.0 Å². The molecule has 4 rings (SSSR count). The van der Waals surface area contributed by atoms with Gasteiger partial charge in [0.25, 0.3) is 0 Å². The molecular formula is C20H16FN5O. The minimum atomic E-state index is -0.579. The van der Waals surface area contributed by atoms with Crippen LogP contribution >= 0.6 is 0 Å². The van der Waals surface area contributed by atoms with Crippen molar-refractivity contribution in [2.75, 3.05) is 6.61 Å². The van der Waals surface area contributed by atoms with Crippen molar-refractivity contribution in [1.29, 1.82) is 5.26 Å². The summed E-state index contributed by atoms with van der Waals surface area (Å²) in [6.45, 7) is 2.35. The molecule has 0 amide bonds. The van der Waals surface area contributed by atoms with Crippen LogP contribution < -0.4 is 4.74 Å². The fraction of sp³-hybridized carbons (Fsp3) is 0.150. The summed E-state index contributed by atoms with van der Waals surface area (Å²) in [5.74, 6) is -0.0647. The van der Waals surface area contributed by atoms with Gasteiger partial charge in [0.15, 0.2) is 0 Å². The summed E-state index contributed by atoms with van der Waals surface area (Å²) < 4.78 is 21.6. The minimum absolute atomic E-state index is 0.00218. The van der Waals surface area contributed by atoms with E-state index in [-0.39, 0.29) is 5.56 Å². The van der Waals surface area contributed by atoms with Crippen molar-refractivity contribution >= 4 is 10.9 Å². The van der Waals surface area contributed by atoms with Crippen LogP contribution in [0.2, 0.25) is 0 Å². The number of benzene rings is 2. The molecule has 1 N–H and O–H groups in total. The first-order chi connectivity index (χ1) is 13.1. The third kappa shape index (κ3) is 2.81. The van der Waals surface area contributed by atoms with Crippen LogP contribution in [0.1, 0.15) is 12.5 Å². The summed E-state index contributed by atoms with van der Waals surface area (Å²) >= 11 is 0. The predicted octanol–water partition coefficient (Wildman–Crippen LogP) is 4.04. The average molecular weight is 361 g/mol. The van der Waals surface area contributed by atoms with Crippen molar-refractivity contribution in [3.8, 4) is 34.3 Å². The molecule has 0 saturated carbocycles. The fourth-order valence-corrected chi connectivity index (χ4v) is 3.12. The van der Waals surface area contributed by atoms with Gasteiger partial charge in [-0.3, -0.25) is 4.68 Å². The predicted molar refractivity (Wildman–Crippen MR) is 99.6 cm³/mol. The number of hydrogen-bond donors (Lipinski definition) is 1. The fourth-order valence-electron chi connectivity index (χ4n) is 3.12. The standard InChI is InChI=1S/C20H16FN5O/c1-3-27-20-18(12-6-7-17-15(8-12)11-23-26(17)2)19(24-25-20)13-4-5-14(10-22)16(21)9-13/h4-9,11H,3H2,1-2H3,(H,24,25).